The molecule has 2 N–H and O–H groups in total. The Kier molecular flexibility index (Phi) is 2.81. The van der Waals surface area contributed by atoms with Gasteiger partial charge < -0.3 is 10.4 Å². The predicted octanol–water partition coefficient (Wildman–Crippen LogP) is -0.538. The number of carbonyl (C=O) groups is 2. The molecule has 0 radical (unpaired) electrons. The molecule has 1 aliphatic carbocycles. The highest BCUT2D eigenvalue weighted by molar-refractivity contribution is 6.35. The summed E-state index contributed by atoms with van der Waals surface area (Å²) < 4.78 is 0. The number of aliphatic hydroxyl groups is 1. The van der Waals surface area contributed by atoms with Crippen LogP contribution in [0.15, 0.2) is 0 Å². The lowest BCUT2D eigenvalue weighted by Gasteiger charge is -2.34. The Hall–Kier alpha value is -0.900. The van der Waals surface area contributed by atoms with Crippen molar-refractivity contribution in [2.24, 2.45) is 5.92 Å². The van der Waals surface area contributed by atoms with Crippen LogP contribution in [0.5, 0.6) is 0 Å². The number of nitrogens with one attached hydrogen (secondary N) is 1. The zero-order valence-corrected chi connectivity index (χ0v) is 7.04. The minimum absolute atomic E-state index is 0.0959. The number of hydrogen-bond acceptors (Lipinski definition) is 3. The van der Waals surface area contributed by atoms with Gasteiger partial charge in [0.15, 0.2) is 0 Å². The molecule has 0 spiro atoms. The second-order valence-corrected chi connectivity index (χ2v) is 3.25. The van der Waals surface area contributed by atoms with Crippen molar-refractivity contribution in [1.82, 2.24) is 5.32 Å². The average molecular weight is 171 g/mol. The van der Waals surface area contributed by atoms with Gasteiger partial charge in [0, 0.05) is 19.6 Å². The maximum atomic E-state index is 10.8. The van der Waals surface area contributed by atoms with Crippen molar-refractivity contribution < 1.29 is 14.7 Å². The maximum Gasteiger partial charge on any atom is 0.287 e. The summed E-state index contributed by atoms with van der Waals surface area (Å²) in [7, 11) is 0. The molecule has 0 atom stereocenters. The van der Waals surface area contributed by atoms with Gasteiger partial charge in [0.2, 0.25) is 5.78 Å². The fourth-order valence-corrected chi connectivity index (χ4v) is 1.29. The minimum Gasteiger partial charge on any atom is -0.396 e. The second-order valence-electron chi connectivity index (χ2n) is 3.25. The third-order valence-corrected chi connectivity index (χ3v) is 2.15. The summed E-state index contributed by atoms with van der Waals surface area (Å²) >= 11 is 0. The van der Waals surface area contributed by atoms with E-state index in [1.165, 1.54) is 6.92 Å². The van der Waals surface area contributed by atoms with E-state index in [0.717, 1.165) is 12.8 Å². The predicted molar refractivity (Wildman–Crippen MR) is 42.4 cm³/mol. The van der Waals surface area contributed by atoms with Crippen LogP contribution in [-0.2, 0) is 9.59 Å². The van der Waals surface area contributed by atoms with Gasteiger partial charge in [-0.3, -0.25) is 9.59 Å². The molecule has 12 heavy (non-hydrogen) atoms. The Labute approximate surface area is 71.0 Å². The summed E-state index contributed by atoms with van der Waals surface area (Å²) in [5.74, 6) is -0.666. The van der Waals surface area contributed by atoms with E-state index in [1.807, 2.05) is 0 Å². The van der Waals surface area contributed by atoms with Crippen LogP contribution >= 0.6 is 0 Å². The number of rotatable bonds is 3. The molecule has 4 nitrogen and oxygen atoms in total. The van der Waals surface area contributed by atoms with Crippen LogP contribution in [0, 0.1) is 5.92 Å². The first-order chi connectivity index (χ1) is 5.63. The van der Waals surface area contributed by atoms with E-state index < -0.39 is 11.7 Å². The highest BCUT2D eigenvalue weighted by Gasteiger charge is 2.30. The molecule has 1 aliphatic rings. The Bertz CT molecular complexity index is 196. The Balaban J connectivity index is 2.19. The molecular weight excluding hydrogens is 158 g/mol. The quantitative estimate of drug-likeness (QED) is 0.560. The fraction of sp³-hybridized carbons (Fsp3) is 0.750. The fourth-order valence-electron chi connectivity index (χ4n) is 1.29. The van der Waals surface area contributed by atoms with Crippen LogP contribution in [0.3, 0.4) is 0 Å². The molecule has 68 valence electrons. The molecule has 0 aromatic heterocycles. The van der Waals surface area contributed by atoms with E-state index in [9.17, 15) is 9.59 Å². The largest absolute Gasteiger partial charge is 0.396 e. The summed E-state index contributed by atoms with van der Waals surface area (Å²) in [5, 5.41) is 11.2. The molecule has 0 saturated heterocycles. The molecule has 0 unspecified atom stereocenters. The number of carbonyl (C=O) groups excluding carboxylic acids is 2. The van der Waals surface area contributed by atoms with Crippen molar-refractivity contribution in [3.8, 4) is 0 Å². The normalized spacial score (nSPS) is 27.5. The number of aliphatic hydroxyl groups excluding tert-OH is 1. The molecule has 0 aromatic rings. The first-order valence-electron chi connectivity index (χ1n) is 4.05. The van der Waals surface area contributed by atoms with Gasteiger partial charge in [-0.2, -0.15) is 0 Å². The molecule has 1 fully saturated rings. The smallest absolute Gasteiger partial charge is 0.287 e. The van der Waals surface area contributed by atoms with Gasteiger partial charge in [0.1, 0.15) is 0 Å². The van der Waals surface area contributed by atoms with E-state index in [1.54, 1.807) is 0 Å². The monoisotopic (exact) mass is 171 g/mol. The van der Waals surface area contributed by atoms with Gasteiger partial charge in [0.05, 0.1) is 0 Å². The van der Waals surface area contributed by atoms with Crippen molar-refractivity contribution >= 4 is 11.7 Å². The van der Waals surface area contributed by atoms with Crippen LogP contribution in [0.1, 0.15) is 19.8 Å². The van der Waals surface area contributed by atoms with E-state index >= 15 is 0 Å². The van der Waals surface area contributed by atoms with Gasteiger partial charge >= 0.3 is 0 Å². The molecule has 0 bridgehead atoms. The van der Waals surface area contributed by atoms with Gasteiger partial charge in [-0.05, 0) is 18.8 Å². The van der Waals surface area contributed by atoms with Crippen LogP contribution in [0.25, 0.3) is 0 Å². The molecule has 1 rings (SSSR count). The highest BCUT2D eigenvalue weighted by Crippen LogP contribution is 2.26. The molecule has 1 amide bonds. The zero-order chi connectivity index (χ0) is 9.14. The van der Waals surface area contributed by atoms with E-state index in [4.69, 9.17) is 5.11 Å². The maximum absolute atomic E-state index is 10.8. The molecule has 4 heteroatoms. The molecule has 0 aromatic carbocycles. The van der Waals surface area contributed by atoms with Crippen molar-refractivity contribution in [1.29, 1.82) is 0 Å². The topological polar surface area (TPSA) is 66.4 Å². The number of hydrogen-bond donors (Lipinski definition) is 2. The third kappa shape index (κ3) is 2.04. The molecule has 0 aliphatic heterocycles. The Morgan fingerprint density at radius 1 is 1.50 bits per heavy atom. The van der Waals surface area contributed by atoms with Crippen LogP contribution in [0.4, 0.5) is 0 Å². The second kappa shape index (κ2) is 3.67. The van der Waals surface area contributed by atoms with E-state index in [-0.39, 0.29) is 12.6 Å². The molecular formula is C8H13NO3. The number of amides is 1. The van der Waals surface area contributed by atoms with Crippen molar-refractivity contribution in [3.63, 3.8) is 0 Å². The van der Waals surface area contributed by atoms with Gasteiger partial charge in [-0.25, -0.2) is 0 Å². The third-order valence-electron chi connectivity index (χ3n) is 2.15. The minimum atomic E-state index is -0.517. The Morgan fingerprint density at radius 3 is 2.50 bits per heavy atom. The van der Waals surface area contributed by atoms with E-state index in [2.05, 4.69) is 5.32 Å². The molecule has 1 saturated carbocycles. The standard InChI is InChI=1S/C8H13NO3/c1-5(11)8(12)9-7-2-6(3-7)4-10/h6-7,10H,2-4H2,1H3,(H,9,12)/t6-,7+. The zero-order valence-electron chi connectivity index (χ0n) is 7.04. The van der Waals surface area contributed by atoms with E-state index in [0.29, 0.717) is 5.92 Å². The average Bonchev–Trinajstić information content (AvgIpc) is 1.94. The van der Waals surface area contributed by atoms with Gasteiger partial charge in [-0.15, -0.1) is 0 Å². The highest BCUT2D eigenvalue weighted by atomic mass is 16.3. The van der Waals surface area contributed by atoms with Gasteiger partial charge in [0.25, 0.3) is 5.91 Å². The van der Waals surface area contributed by atoms with Gasteiger partial charge in [-0.1, -0.05) is 0 Å². The Morgan fingerprint density at radius 2 is 2.08 bits per heavy atom. The van der Waals surface area contributed by atoms with Crippen LogP contribution in [-0.4, -0.2) is 29.4 Å². The van der Waals surface area contributed by atoms with Crippen LogP contribution in [0.2, 0.25) is 0 Å². The lowest BCUT2D eigenvalue weighted by atomic mass is 9.81. The van der Waals surface area contributed by atoms with Crippen molar-refractivity contribution in [2.45, 2.75) is 25.8 Å². The lowest BCUT2D eigenvalue weighted by molar-refractivity contribution is -0.137. The summed E-state index contributed by atoms with van der Waals surface area (Å²) in [6.45, 7) is 1.42. The molecule has 0 heterocycles. The van der Waals surface area contributed by atoms with Crippen LogP contribution < -0.4 is 5.32 Å². The summed E-state index contributed by atoms with van der Waals surface area (Å²) in [4.78, 5) is 21.3. The number of ketones is 1. The first-order valence-corrected chi connectivity index (χ1v) is 4.05. The summed E-state index contributed by atoms with van der Waals surface area (Å²) in [6.07, 6.45) is 1.57. The first kappa shape index (κ1) is 9.19. The van der Waals surface area contributed by atoms with Crippen molar-refractivity contribution in [2.75, 3.05) is 6.61 Å². The lowest BCUT2D eigenvalue weighted by Crippen LogP contribution is -2.47. The summed E-state index contributed by atoms with van der Waals surface area (Å²) in [6, 6.07) is 0.0959. The summed E-state index contributed by atoms with van der Waals surface area (Å²) in [5.41, 5.74) is 0. The SMILES string of the molecule is CC(=O)C(=O)N[C@H]1C[C@@H](CO)C1. The van der Waals surface area contributed by atoms with Crippen molar-refractivity contribution in [3.05, 3.63) is 0 Å². The number of Topliss-reactive ketones (excluding diaryl/α,β-unsaturated/α-hetero) is 1.